The lowest BCUT2D eigenvalue weighted by Gasteiger charge is -2.35. The fourth-order valence-electron chi connectivity index (χ4n) is 4.31. The van der Waals surface area contributed by atoms with E-state index in [0.29, 0.717) is 23.5 Å². The molecule has 3 unspecified atom stereocenters. The Bertz CT molecular complexity index is 1140. The Labute approximate surface area is 201 Å². The molecule has 3 heterocycles. The molecule has 34 heavy (non-hydrogen) atoms. The smallest absolute Gasteiger partial charge is 0.292 e. The fourth-order valence-corrected chi connectivity index (χ4v) is 5.15. The third-order valence-corrected chi connectivity index (χ3v) is 6.83. The molecule has 180 valence electrons. The monoisotopic (exact) mass is 484 g/mol. The van der Waals surface area contributed by atoms with Crippen LogP contribution in [0.3, 0.4) is 0 Å². The number of thioether (sulfide) groups is 1. The number of furan rings is 1. The average molecular weight is 485 g/mol. The Morgan fingerprint density at radius 3 is 2.65 bits per heavy atom. The summed E-state index contributed by atoms with van der Waals surface area (Å²) in [6.45, 7) is 8.43. The fraction of sp³-hybridized carbons (Fsp3) is 0.435. The number of aromatic nitrogens is 3. The summed E-state index contributed by atoms with van der Waals surface area (Å²) in [5.41, 5.74) is 0.0173. The molecule has 1 aliphatic rings. The molecule has 3 atom stereocenters. The van der Waals surface area contributed by atoms with Gasteiger partial charge in [0, 0.05) is 19.2 Å². The predicted molar refractivity (Wildman–Crippen MR) is 130 cm³/mol. The Hall–Kier alpha value is -3.34. The summed E-state index contributed by atoms with van der Waals surface area (Å²) in [5.74, 6) is 2.25. The van der Waals surface area contributed by atoms with Crippen molar-refractivity contribution < 1.29 is 14.1 Å². The zero-order valence-electron chi connectivity index (χ0n) is 19.4. The first-order chi connectivity index (χ1) is 16.3. The lowest BCUT2D eigenvalue weighted by Crippen LogP contribution is -2.40. The molecular formula is C23H28N6O4S. The number of nitro benzene ring substituents is 1. The molecule has 4 rings (SSSR count). The van der Waals surface area contributed by atoms with Gasteiger partial charge in [-0.1, -0.05) is 37.7 Å². The van der Waals surface area contributed by atoms with Gasteiger partial charge in [-0.3, -0.25) is 19.5 Å². The third-order valence-electron chi connectivity index (χ3n) is 5.75. The maximum absolute atomic E-state index is 12.9. The average Bonchev–Trinajstić information content (AvgIpc) is 3.44. The highest BCUT2D eigenvalue weighted by Gasteiger charge is 2.28. The Morgan fingerprint density at radius 2 is 1.97 bits per heavy atom. The van der Waals surface area contributed by atoms with Crippen molar-refractivity contribution in [2.75, 3.05) is 23.3 Å². The second kappa shape index (κ2) is 10.3. The van der Waals surface area contributed by atoms with Gasteiger partial charge in [0.15, 0.2) is 5.16 Å². The lowest BCUT2D eigenvalue weighted by atomic mass is 9.92. The van der Waals surface area contributed by atoms with Crippen molar-refractivity contribution in [3.63, 3.8) is 0 Å². The molecule has 0 spiro atoms. The number of rotatable bonds is 8. The van der Waals surface area contributed by atoms with Gasteiger partial charge in [0.1, 0.15) is 11.4 Å². The number of piperidine rings is 1. The minimum Gasteiger partial charge on any atom is -0.467 e. The number of nitrogens with one attached hydrogen (secondary N) is 1. The van der Waals surface area contributed by atoms with Gasteiger partial charge in [-0.15, -0.1) is 10.2 Å². The van der Waals surface area contributed by atoms with Crippen LogP contribution in [-0.4, -0.2) is 43.9 Å². The molecule has 1 N–H and O–H groups in total. The number of hydrogen-bond donors (Lipinski definition) is 1. The van der Waals surface area contributed by atoms with Crippen LogP contribution in [0.1, 0.15) is 33.0 Å². The van der Waals surface area contributed by atoms with Crippen LogP contribution in [-0.2, 0) is 11.3 Å². The number of amides is 1. The molecule has 11 heteroatoms. The summed E-state index contributed by atoms with van der Waals surface area (Å²) in [4.78, 5) is 25.9. The quantitative estimate of drug-likeness (QED) is 0.283. The Kier molecular flexibility index (Phi) is 7.20. The van der Waals surface area contributed by atoms with Gasteiger partial charge in [0.25, 0.3) is 5.69 Å². The minimum atomic E-state index is -0.564. The highest BCUT2D eigenvalue weighted by Crippen LogP contribution is 2.31. The number of anilines is 2. The largest absolute Gasteiger partial charge is 0.467 e. The molecule has 1 fully saturated rings. The first-order valence-electron chi connectivity index (χ1n) is 11.2. The normalized spacial score (nSPS) is 19.1. The SMILES string of the molecule is CC1CC(C)CN(c2nnc(SC(C)C(=O)Nc3ccccc3[N+](=O)[O-])n2Cc2ccco2)C1. The second-order valence-electron chi connectivity index (χ2n) is 8.82. The van der Waals surface area contributed by atoms with E-state index in [9.17, 15) is 14.9 Å². The number of nitrogens with zero attached hydrogens (tertiary/aromatic N) is 5. The molecule has 3 aromatic rings. The van der Waals surface area contributed by atoms with Gasteiger partial charge < -0.3 is 14.6 Å². The van der Waals surface area contributed by atoms with Crippen LogP contribution in [0.4, 0.5) is 17.3 Å². The van der Waals surface area contributed by atoms with E-state index in [1.807, 2.05) is 16.7 Å². The number of hydrogen-bond acceptors (Lipinski definition) is 8. The highest BCUT2D eigenvalue weighted by atomic mass is 32.2. The second-order valence-corrected chi connectivity index (χ2v) is 10.1. The molecule has 1 aromatic carbocycles. The number of carbonyl (C=O) groups is 1. The summed E-state index contributed by atoms with van der Waals surface area (Å²) >= 11 is 1.26. The van der Waals surface area contributed by atoms with E-state index in [-0.39, 0.29) is 17.3 Å². The van der Waals surface area contributed by atoms with E-state index in [4.69, 9.17) is 4.42 Å². The van der Waals surface area contributed by atoms with E-state index in [0.717, 1.165) is 24.8 Å². The maximum Gasteiger partial charge on any atom is 0.292 e. The number of nitro groups is 1. The lowest BCUT2D eigenvalue weighted by molar-refractivity contribution is -0.383. The van der Waals surface area contributed by atoms with Gasteiger partial charge >= 0.3 is 0 Å². The van der Waals surface area contributed by atoms with Crippen LogP contribution in [0.25, 0.3) is 0 Å². The van der Waals surface area contributed by atoms with Gasteiger partial charge in [-0.25, -0.2) is 0 Å². The number of para-hydroxylation sites is 2. The Balaban J connectivity index is 1.55. The molecule has 0 aliphatic carbocycles. The minimum absolute atomic E-state index is 0.148. The van der Waals surface area contributed by atoms with Crippen molar-refractivity contribution in [2.45, 2.75) is 44.1 Å². The van der Waals surface area contributed by atoms with E-state index in [1.54, 1.807) is 25.3 Å². The van der Waals surface area contributed by atoms with Crippen molar-refractivity contribution in [3.05, 3.63) is 58.5 Å². The van der Waals surface area contributed by atoms with E-state index in [1.165, 1.54) is 30.3 Å². The van der Waals surface area contributed by atoms with Crippen LogP contribution < -0.4 is 10.2 Å². The van der Waals surface area contributed by atoms with E-state index < -0.39 is 10.2 Å². The maximum atomic E-state index is 12.9. The molecule has 1 amide bonds. The summed E-state index contributed by atoms with van der Waals surface area (Å²) in [7, 11) is 0. The summed E-state index contributed by atoms with van der Waals surface area (Å²) in [5, 5.41) is 22.8. The first-order valence-corrected chi connectivity index (χ1v) is 12.1. The molecule has 0 radical (unpaired) electrons. The van der Waals surface area contributed by atoms with Crippen molar-refractivity contribution in [3.8, 4) is 0 Å². The number of carbonyl (C=O) groups excluding carboxylic acids is 1. The van der Waals surface area contributed by atoms with E-state index in [2.05, 4.69) is 34.3 Å². The molecule has 2 aromatic heterocycles. The van der Waals surface area contributed by atoms with Gasteiger partial charge in [-0.2, -0.15) is 0 Å². The van der Waals surface area contributed by atoms with Gasteiger partial charge in [0.2, 0.25) is 11.9 Å². The van der Waals surface area contributed by atoms with Crippen LogP contribution in [0, 0.1) is 22.0 Å². The number of benzene rings is 1. The van der Waals surface area contributed by atoms with Gasteiger partial charge in [0.05, 0.1) is 23.0 Å². The molecule has 10 nitrogen and oxygen atoms in total. The molecular weight excluding hydrogens is 456 g/mol. The molecule has 0 bridgehead atoms. The zero-order valence-corrected chi connectivity index (χ0v) is 20.2. The van der Waals surface area contributed by atoms with Crippen LogP contribution in [0.2, 0.25) is 0 Å². The third kappa shape index (κ3) is 5.41. The highest BCUT2D eigenvalue weighted by molar-refractivity contribution is 8.00. The summed E-state index contributed by atoms with van der Waals surface area (Å²) in [6, 6.07) is 9.81. The van der Waals surface area contributed by atoms with Crippen LogP contribution in [0.5, 0.6) is 0 Å². The Morgan fingerprint density at radius 1 is 1.24 bits per heavy atom. The van der Waals surface area contributed by atoms with Crippen molar-refractivity contribution >= 4 is 35.0 Å². The molecule has 1 aliphatic heterocycles. The van der Waals surface area contributed by atoms with Gasteiger partial charge in [-0.05, 0) is 43.4 Å². The standard InChI is InChI=1S/C23H28N6O4S/c1-15-11-16(2)13-27(12-15)22-25-26-23(28(22)14-18-7-6-10-33-18)34-17(3)21(30)24-19-8-4-5-9-20(19)29(31)32/h4-10,15-17H,11-14H2,1-3H3,(H,24,30). The summed E-state index contributed by atoms with van der Waals surface area (Å²) in [6.07, 6.45) is 2.80. The zero-order chi connectivity index (χ0) is 24.2. The topological polar surface area (TPSA) is 119 Å². The molecule has 1 saturated heterocycles. The van der Waals surface area contributed by atoms with E-state index >= 15 is 0 Å². The summed E-state index contributed by atoms with van der Waals surface area (Å²) < 4.78 is 7.54. The van der Waals surface area contributed by atoms with Crippen molar-refractivity contribution in [2.24, 2.45) is 11.8 Å². The predicted octanol–water partition coefficient (Wildman–Crippen LogP) is 4.43. The first kappa shape index (κ1) is 23.8. The van der Waals surface area contributed by atoms with Crippen LogP contribution >= 0.6 is 11.8 Å². The van der Waals surface area contributed by atoms with Crippen molar-refractivity contribution in [1.82, 2.24) is 14.8 Å². The van der Waals surface area contributed by atoms with Crippen molar-refractivity contribution in [1.29, 1.82) is 0 Å². The molecule has 0 saturated carbocycles. The van der Waals surface area contributed by atoms with Crippen LogP contribution in [0.15, 0.2) is 52.2 Å².